The molecule has 2 rings (SSSR count). The van der Waals surface area contributed by atoms with E-state index >= 15 is 0 Å². The fourth-order valence-corrected chi connectivity index (χ4v) is 2.48. The number of halogens is 2. The number of rotatable bonds is 2. The number of carbonyl (C=O) groups excluding carboxylic acids is 1. The minimum absolute atomic E-state index is 0.357. The van der Waals surface area contributed by atoms with E-state index in [1.165, 1.54) is 0 Å². The van der Waals surface area contributed by atoms with Crippen LogP contribution in [0.4, 0.5) is 0 Å². The molecule has 0 aliphatic heterocycles. The van der Waals surface area contributed by atoms with Crippen LogP contribution >= 0.6 is 34.2 Å². The van der Waals surface area contributed by atoms with Crippen molar-refractivity contribution in [1.29, 1.82) is 0 Å². The van der Waals surface area contributed by atoms with Gasteiger partial charge in [0.25, 0.3) is 0 Å². The smallest absolute Gasteiger partial charge is 0.343 e. The summed E-state index contributed by atoms with van der Waals surface area (Å²) in [5.74, 6) is 0.161. The van der Waals surface area contributed by atoms with E-state index < -0.39 is 0 Å². The normalized spacial score (nSPS) is 10.4. The van der Waals surface area contributed by atoms with Gasteiger partial charge in [0.05, 0.1) is 5.56 Å². The molecule has 0 unspecified atom stereocenters. The van der Waals surface area contributed by atoms with Crippen molar-refractivity contribution in [2.75, 3.05) is 0 Å². The zero-order valence-electron chi connectivity index (χ0n) is 11.5. The molecule has 0 aliphatic rings. The molecule has 0 bridgehead atoms. The summed E-state index contributed by atoms with van der Waals surface area (Å²) in [6.07, 6.45) is 0. The Morgan fingerprint density at radius 1 is 1.05 bits per heavy atom. The van der Waals surface area contributed by atoms with E-state index in [0.29, 0.717) is 16.3 Å². The van der Waals surface area contributed by atoms with Crippen molar-refractivity contribution in [1.82, 2.24) is 0 Å². The minimum Gasteiger partial charge on any atom is -0.423 e. The van der Waals surface area contributed by atoms with Gasteiger partial charge in [0.15, 0.2) is 0 Å². The van der Waals surface area contributed by atoms with Crippen molar-refractivity contribution in [2.45, 2.75) is 20.8 Å². The molecule has 0 saturated carbocycles. The second-order valence-electron chi connectivity index (χ2n) is 4.72. The van der Waals surface area contributed by atoms with Crippen LogP contribution in [0, 0.1) is 24.3 Å². The second-order valence-corrected chi connectivity index (χ2v) is 6.26. The summed E-state index contributed by atoms with van der Waals surface area (Å²) >= 11 is 8.30. The summed E-state index contributed by atoms with van der Waals surface area (Å²) in [6, 6.07) is 9.05. The lowest BCUT2D eigenvalue weighted by Gasteiger charge is -2.09. The van der Waals surface area contributed by atoms with Gasteiger partial charge in [0, 0.05) is 8.59 Å². The lowest BCUT2D eigenvalue weighted by molar-refractivity contribution is 0.0734. The van der Waals surface area contributed by atoms with Crippen LogP contribution in [0.15, 0.2) is 30.3 Å². The molecule has 0 N–H and O–H groups in total. The molecule has 2 aromatic rings. The Kier molecular flexibility index (Phi) is 4.70. The number of hydrogen-bond acceptors (Lipinski definition) is 2. The van der Waals surface area contributed by atoms with Crippen molar-refractivity contribution >= 4 is 40.2 Å². The number of esters is 1. The summed E-state index contributed by atoms with van der Waals surface area (Å²) in [4.78, 5) is 12.1. The quantitative estimate of drug-likeness (QED) is 0.399. The Labute approximate surface area is 137 Å². The van der Waals surface area contributed by atoms with Crippen LogP contribution in [0.1, 0.15) is 27.0 Å². The average molecular weight is 401 g/mol. The molecule has 0 atom stereocenters. The second kappa shape index (κ2) is 6.14. The van der Waals surface area contributed by atoms with E-state index in [4.69, 9.17) is 16.3 Å². The summed E-state index contributed by atoms with van der Waals surface area (Å²) in [6.45, 7) is 5.78. The third-order valence-electron chi connectivity index (χ3n) is 3.03. The summed E-state index contributed by atoms with van der Waals surface area (Å²) in [5.41, 5.74) is 3.48. The number of benzene rings is 2. The van der Waals surface area contributed by atoms with Crippen LogP contribution in [0.5, 0.6) is 5.75 Å². The maximum Gasteiger partial charge on any atom is 0.343 e. The molecule has 0 heterocycles. The maximum absolute atomic E-state index is 12.1. The molecule has 0 aromatic heterocycles. The topological polar surface area (TPSA) is 26.3 Å². The summed E-state index contributed by atoms with van der Waals surface area (Å²) < 4.78 is 6.45. The van der Waals surface area contributed by atoms with E-state index in [0.717, 1.165) is 20.3 Å². The summed E-state index contributed by atoms with van der Waals surface area (Å²) in [5, 5.41) is 0.703. The molecule has 0 saturated heterocycles. The highest BCUT2D eigenvalue weighted by atomic mass is 127. The third-order valence-corrected chi connectivity index (χ3v) is 4.79. The Morgan fingerprint density at radius 3 is 2.20 bits per heavy atom. The highest BCUT2D eigenvalue weighted by Crippen LogP contribution is 2.26. The zero-order valence-corrected chi connectivity index (χ0v) is 14.4. The predicted octanol–water partition coefficient (Wildman–Crippen LogP) is 5.09. The van der Waals surface area contributed by atoms with Crippen molar-refractivity contribution < 1.29 is 9.53 Å². The van der Waals surface area contributed by atoms with Crippen molar-refractivity contribution in [2.24, 2.45) is 0 Å². The number of ether oxygens (including phenoxy) is 1. The number of hydrogen-bond donors (Lipinski definition) is 0. The van der Waals surface area contributed by atoms with Crippen LogP contribution in [0.3, 0.4) is 0 Å². The van der Waals surface area contributed by atoms with Gasteiger partial charge in [-0.3, -0.25) is 0 Å². The molecule has 2 nitrogen and oxygen atoms in total. The molecule has 104 valence electrons. The SMILES string of the molecule is Cc1ccc(C(=O)Oc2cc(C)c(Cl)c(C)c2)cc1I. The lowest BCUT2D eigenvalue weighted by Crippen LogP contribution is -2.09. The molecule has 0 aliphatic carbocycles. The monoisotopic (exact) mass is 400 g/mol. The van der Waals surface area contributed by atoms with Crippen LogP contribution in [0.25, 0.3) is 0 Å². The van der Waals surface area contributed by atoms with Gasteiger partial charge in [-0.2, -0.15) is 0 Å². The largest absolute Gasteiger partial charge is 0.423 e. The van der Waals surface area contributed by atoms with Gasteiger partial charge in [0.1, 0.15) is 5.75 Å². The van der Waals surface area contributed by atoms with Gasteiger partial charge in [-0.15, -0.1) is 0 Å². The Morgan fingerprint density at radius 2 is 1.65 bits per heavy atom. The first-order chi connectivity index (χ1) is 9.38. The van der Waals surface area contributed by atoms with Crippen LogP contribution in [0.2, 0.25) is 5.02 Å². The number of aryl methyl sites for hydroxylation is 3. The molecule has 0 spiro atoms. The predicted molar refractivity (Wildman–Crippen MR) is 89.8 cm³/mol. The lowest BCUT2D eigenvalue weighted by atomic mass is 10.1. The van der Waals surface area contributed by atoms with E-state index in [9.17, 15) is 4.79 Å². The van der Waals surface area contributed by atoms with Gasteiger partial charge in [-0.05, 0) is 84.3 Å². The molecule has 20 heavy (non-hydrogen) atoms. The fourth-order valence-electron chi connectivity index (χ4n) is 1.85. The highest BCUT2D eigenvalue weighted by Gasteiger charge is 2.11. The van der Waals surface area contributed by atoms with E-state index in [1.54, 1.807) is 18.2 Å². The van der Waals surface area contributed by atoms with Crippen LogP contribution in [-0.4, -0.2) is 5.97 Å². The first-order valence-corrected chi connectivity index (χ1v) is 7.59. The van der Waals surface area contributed by atoms with Crippen LogP contribution < -0.4 is 4.74 Å². The van der Waals surface area contributed by atoms with Crippen molar-refractivity contribution in [3.05, 3.63) is 61.2 Å². The fraction of sp³-hybridized carbons (Fsp3) is 0.188. The van der Waals surface area contributed by atoms with Gasteiger partial charge >= 0.3 is 5.97 Å². The van der Waals surface area contributed by atoms with E-state index in [2.05, 4.69) is 22.6 Å². The first-order valence-electron chi connectivity index (χ1n) is 6.13. The third kappa shape index (κ3) is 3.33. The Bertz CT molecular complexity index is 657. The van der Waals surface area contributed by atoms with Gasteiger partial charge < -0.3 is 4.74 Å². The minimum atomic E-state index is -0.357. The molecule has 0 amide bonds. The zero-order chi connectivity index (χ0) is 14.9. The molecule has 0 fully saturated rings. The average Bonchev–Trinajstić information content (AvgIpc) is 2.39. The van der Waals surface area contributed by atoms with E-state index in [1.807, 2.05) is 32.9 Å². The molecule has 2 aromatic carbocycles. The summed E-state index contributed by atoms with van der Waals surface area (Å²) in [7, 11) is 0. The first kappa shape index (κ1) is 15.3. The molecule has 4 heteroatoms. The molecule has 0 radical (unpaired) electrons. The number of carbonyl (C=O) groups is 1. The van der Waals surface area contributed by atoms with Gasteiger partial charge in [-0.25, -0.2) is 4.79 Å². The maximum atomic E-state index is 12.1. The van der Waals surface area contributed by atoms with Crippen molar-refractivity contribution in [3.8, 4) is 5.75 Å². The van der Waals surface area contributed by atoms with Crippen molar-refractivity contribution in [3.63, 3.8) is 0 Å². The van der Waals surface area contributed by atoms with Gasteiger partial charge in [-0.1, -0.05) is 17.7 Å². The standard InChI is InChI=1S/C16H14ClIO2/c1-9-4-5-12(8-14(9)18)16(19)20-13-6-10(2)15(17)11(3)7-13/h4-8H,1-3H3. The Hall–Kier alpha value is -1.07. The molecular formula is C16H14ClIO2. The van der Waals surface area contributed by atoms with Gasteiger partial charge in [0.2, 0.25) is 0 Å². The Balaban J connectivity index is 2.25. The highest BCUT2D eigenvalue weighted by molar-refractivity contribution is 14.1. The van der Waals surface area contributed by atoms with Crippen LogP contribution in [-0.2, 0) is 0 Å². The molecular weight excluding hydrogens is 387 g/mol. The van der Waals surface area contributed by atoms with E-state index in [-0.39, 0.29) is 5.97 Å².